The van der Waals surface area contributed by atoms with Crippen molar-refractivity contribution < 1.29 is 18.3 Å². The van der Waals surface area contributed by atoms with Crippen LogP contribution in [0.1, 0.15) is 36.8 Å². The number of alkyl halides is 3. The first-order valence-corrected chi connectivity index (χ1v) is 6.48. The van der Waals surface area contributed by atoms with Crippen LogP contribution in [0.2, 0.25) is 5.02 Å². The Morgan fingerprint density at radius 3 is 2.32 bits per heavy atom. The van der Waals surface area contributed by atoms with Crippen molar-refractivity contribution in [2.45, 2.75) is 37.3 Å². The van der Waals surface area contributed by atoms with Crippen molar-refractivity contribution in [1.29, 1.82) is 0 Å². The average molecular weight is 294 g/mol. The van der Waals surface area contributed by atoms with Crippen molar-refractivity contribution in [3.05, 3.63) is 28.3 Å². The highest BCUT2D eigenvalue weighted by atomic mass is 35.5. The maximum Gasteiger partial charge on any atom is 0.416 e. The van der Waals surface area contributed by atoms with Crippen molar-refractivity contribution in [2.24, 2.45) is 5.73 Å². The Morgan fingerprint density at radius 1 is 1.26 bits per heavy atom. The zero-order chi connectivity index (χ0) is 14.3. The summed E-state index contributed by atoms with van der Waals surface area (Å²) in [4.78, 5) is 0. The van der Waals surface area contributed by atoms with Gasteiger partial charge < -0.3 is 10.8 Å². The molecular formula is C13H15ClF3NO. The van der Waals surface area contributed by atoms with Crippen LogP contribution in [-0.2, 0) is 11.6 Å². The van der Waals surface area contributed by atoms with Crippen LogP contribution in [0.3, 0.4) is 0 Å². The first kappa shape index (κ1) is 14.5. The number of hydrogen-bond acceptors (Lipinski definition) is 2. The molecule has 0 amide bonds. The lowest BCUT2D eigenvalue weighted by molar-refractivity contribution is -0.137. The molecule has 0 atom stereocenters. The molecule has 6 heteroatoms. The summed E-state index contributed by atoms with van der Waals surface area (Å²) >= 11 is 5.73. The minimum Gasteiger partial charge on any atom is -0.506 e. The molecule has 1 fully saturated rings. The van der Waals surface area contributed by atoms with Gasteiger partial charge in [-0.05, 0) is 25.0 Å². The molecule has 0 radical (unpaired) electrons. The molecule has 1 aromatic rings. The molecule has 1 saturated carbocycles. The highest BCUT2D eigenvalue weighted by molar-refractivity contribution is 6.32. The first-order chi connectivity index (χ1) is 8.80. The molecule has 0 spiro atoms. The van der Waals surface area contributed by atoms with Gasteiger partial charge in [0.15, 0.2) is 0 Å². The van der Waals surface area contributed by atoms with Gasteiger partial charge in [-0.1, -0.05) is 24.4 Å². The van der Waals surface area contributed by atoms with E-state index in [1.807, 2.05) is 0 Å². The number of aromatic hydroxyl groups is 1. The molecule has 0 aromatic heterocycles. The monoisotopic (exact) mass is 293 g/mol. The third-order valence-corrected chi connectivity index (χ3v) is 4.20. The van der Waals surface area contributed by atoms with Crippen molar-refractivity contribution in [3.8, 4) is 5.75 Å². The molecule has 0 bridgehead atoms. The molecule has 2 nitrogen and oxygen atoms in total. The van der Waals surface area contributed by atoms with Crippen LogP contribution in [0.25, 0.3) is 0 Å². The third kappa shape index (κ3) is 2.54. The second kappa shape index (κ2) is 4.87. The zero-order valence-corrected chi connectivity index (χ0v) is 11.0. The molecule has 1 aromatic carbocycles. The van der Waals surface area contributed by atoms with Gasteiger partial charge in [-0.15, -0.1) is 0 Å². The molecule has 3 N–H and O–H groups in total. The van der Waals surface area contributed by atoms with Gasteiger partial charge >= 0.3 is 6.18 Å². The average Bonchev–Trinajstić information content (AvgIpc) is 2.80. The summed E-state index contributed by atoms with van der Waals surface area (Å²) in [7, 11) is 0. The molecule has 106 valence electrons. The summed E-state index contributed by atoms with van der Waals surface area (Å²) in [6.45, 7) is 0.207. The van der Waals surface area contributed by atoms with Crippen molar-refractivity contribution in [2.75, 3.05) is 6.54 Å². The van der Waals surface area contributed by atoms with E-state index in [2.05, 4.69) is 0 Å². The first-order valence-electron chi connectivity index (χ1n) is 6.10. The van der Waals surface area contributed by atoms with Crippen LogP contribution in [0, 0.1) is 0 Å². The van der Waals surface area contributed by atoms with E-state index >= 15 is 0 Å². The SMILES string of the molecule is NCC1(c2cc(C(F)(F)F)cc(Cl)c2O)CCCC1. The van der Waals surface area contributed by atoms with Crippen molar-refractivity contribution in [3.63, 3.8) is 0 Å². The van der Waals surface area contributed by atoms with E-state index in [0.29, 0.717) is 12.8 Å². The highest BCUT2D eigenvalue weighted by Crippen LogP contribution is 2.47. The molecule has 0 heterocycles. The van der Waals surface area contributed by atoms with Gasteiger partial charge in [0.2, 0.25) is 0 Å². The van der Waals surface area contributed by atoms with Gasteiger partial charge in [0, 0.05) is 17.5 Å². The molecule has 19 heavy (non-hydrogen) atoms. The highest BCUT2D eigenvalue weighted by Gasteiger charge is 2.40. The van der Waals surface area contributed by atoms with Crippen molar-refractivity contribution >= 4 is 11.6 Å². The summed E-state index contributed by atoms with van der Waals surface area (Å²) in [5.41, 5.74) is 4.54. The largest absolute Gasteiger partial charge is 0.506 e. The van der Waals surface area contributed by atoms with E-state index in [1.165, 1.54) is 0 Å². The summed E-state index contributed by atoms with van der Waals surface area (Å²) in [6, 6.07) is 1.74. The lowest BCUT2D eigenvalue weighted by Crippen LogP contribution is -2.32. The number of phenols is 1. The van der Waals surface area contributed by atoms with Crippen molar-refractivity contribution in [1.82, 2.24) is 0 Å². The quantitative estimate of drug-likeness (QED) is 0.870. The normalized spacial score (nSPS) is 18.8. The molecule has 0 aliphatic heterocycles. The Kier molecular flexibility index (Phi) is 3.71. The fraction of sp³-hybridized carbons (Fsp3) is 0.538. The maximum absolute atomic E-state index is 12.8. The maximum atomic E-state index is 12.8. The van der Waals surface area contributed by atoms with E-state index in [1.54, 1.807) is 0 Å². The Labute approximate surface area is 114 Å². The van der Waals surface area contributed by atoms with Gasteiger partial charge in [-0.2, -0.15) is 13.2 Å². The Bertz CT molecular complexity index is 482. The fourth-order valence-corrected chi connectivity index (χ4v) is 3.02. The Hall–Kier alpha value is -0.940. The number of phenolic OH excluding ortho intramolecular Hbond substituents is 1. The fourth-order valence-electron chi connectivity index (χ4n) is 2.80. The van der Waals surface area contributed by atoms with Gasteiger partial charge in [0.1, 0.15) is 5.75 Å². The minimum atomic E-state index is -4.49. The molecule has 1 aliphatic carbocycles. The number of hydrogen-bond donors (Lipinski definition) is 2. The summed E-state index contributed by atoms with van der Waals surface area (Å²) in [5, 5.41) is 9.72. The topological polar surface area (TPSA) is 46.2 Å². The van der Waals surface area contributed by atoms with Crippen LogP contribution >= 0.6 is 11.6 Å². The Morgan fingerprint density at radius 2 is 1.84 bits per heavy atom. The summed E-state index contributed by atoms with van der Waals surface area (Å²) < 4.78 is 38.5. The third-order valence-electron chi connectivity index (χ3n) is 3.91. The molecule has 0 saturated heterocycles. The van der Waals surface area contributed by atoms with E-state index in [4.69, 9.17) is 17.3 Å². The van der Waals surface area contributed by atoms with Gasteiger partial charge in [-0.3, -0.25) is 0 Å². The number of nitrogens with two attached hydrogens (primary N) is 1. The zero-order valence-electron chi connectivity index (χ0n) is 10.2. The van der Waals surface area contributed by atoms with Gasteiger partial charge in [-0.25, -0.2) is 0 Å². The van der Waals surface area contributed by atoms with Crippen LogP contribution < -0.4 is 5.73 Å². The molecule has 1 aliphatic rings. The second-order valence-electron chi connectivity index (χ2n) is 5.04. The predicted molar refractivity (Wildman–Crippen MR) is 67.3 cm³/mol. The molecule has 2 rings (SSSR count). The molecular weight excluding hydrogens is 279 g/mol. The number of benzene rings is 1. The second-order valence-corrected chi connectivity index (χ2v) is 5.45. The van der Waals surface area contributed by atoms with Crippen LogP contribution in [0.15, 0.2) is 12.1 Å². The van der Waals surface area contributed by atoms with E-state index in [-0.39, 0.29) is 22.9 Å². The molecule has 0 unspecified atom stereocenters. The number of rotatable bonds is 2. The van der Waals surface area contributed by atoms with E-state index in [9.17, 15) is 18.3 Å². The Balaban J connectivity index is 2.59. The number of halogens is 4. The van der Waals surface area contributed by atoms with E-state index in [0.717, 1.165) is 25.0 Å². The van der Waals surface area contributed by atoms with Gasteiger partial charge in [0.25, 0.3) is 0 Å². The van der Waals surface area contributed by atoms with Crippen LogP contribution in [0.5, 0.6) is 5.75 Å². The smallest absolute Gasteiger partial charge is 0.416 e. The lowest BCUT2D eigenvalue weighted by Gasteiger charge is -2.29. The standard InChI is InChI=1S/C13H15ClF3NO/c14-10-6-8(13(15,16)17)5-9(11(10)19)12(7-18)3-1-2-4-12/h5-6,19H,1-4,7,18H2. The van der Waals surface area contributed by atoms with Crippen LogP contribution in [-0.4, -0.2) is 11.7 Å². The summed E-state index contributed by atoms with van der Waals surface area (Å²) in [6.07, 6.45) is -1.35. The van der Waals surface area contributed by atoms with Gasteiger partial charge in [0.05, 0.1) is 10.6 Å². The van der Waals surface area contributed by atoms with Crippen LogP contribution in [0.4, 0.5) is 13.2 Å². The lowest BCUT2D eigenvalue weighted by atomic mass is 9.78. The summed E-state index contributed by atoms with van der Waals surface area (Å²) in [5.74, 6) is -0.276. The minimum absolute atomic E-state index is 0.207. The van der Waals surface area contributed by atoms with E-state index < -0.39 is 17.2 Å². The predicted octanol–water partition coefficient (Wildman–Crippen LogP) is 3.83.